The predicted octanol–water partition coefficient (Wildman–Crippen LogP) is 2.15. The molecule has 4 heteroatoms. The van der Waals surface area contributed by atoms with Gasteiger partial charge in [0.2, 0.25) is 0 Å². The van der Waals surface area contributed by atoms with Gasteiger partial charge in [0.15, 0.2) is 11.5 Å². The molecule has 1 aromatic heterocycles. The molecule has 0 radical (unpaired) electrons. The van der Waals surface area contributed by atoms with Gasteiger partial charge in [-0.1, -0.05) is 5.16 Å². The number of methoxy groups -OCH3 is 2. The van der Waals surface area contributed by atoms with Gasteiger partial charge in [0.25, 0.3) is 0 Å². The fraction of sp³-hybridized carbons (Fsp3) is 0.300. The first-order valence-electron chi connectivity index (χ1n) is 4.24. The summed E-state index contributed by atoms with van der Waals surface area (Å²) in [5, 5.41) is 4.84. The van der Waals surface area contributed by atoms with Crippen molar-refractivity contribution in [2.24, 2.45) is 0 Å². The average Bonchev–Trinajstić information content (AvgIpc) is 2.58. The van der Waals surface area contributed by atoms with Crippen molar-refractivity contribution >= 4 is 10.9 Å². The second-order valence-corrected chi connectivity index (χ2v) is 2.96. The Morgan fingerprint density at radius 2 is 1.79 bits per heavy atom. The molecule has 0 aliphatic carbocycles. The van der Waals surface area contributed by atoms with Gasteiger partial charge in [0.05, 0.1) is 14.2 Å². The smallest absolute Gasteiger partial charge is 0.163 e. The van der Waals surface area contributed by atoms with E-state index in [0.717, 1.165) is 16.7 Å². The van der Waals surface area contributed by atoms with Gasteiger partial charge in [0, 0.05) is 11.5 Å². The first-order chi connectivity index (χ1) is 6.76. The molecule has 0 atom stereocenters. The fourth-order valence-electron chi connectivity index (χ4n) is 1.39. The first-order valence-corrected chi connectivity index (χ1v) is 4.24. The minimum absolute atomic E-state index is 0.660. The van der Waals surface area contributed by atoms with Crippen LogP contribution in [0, 0.1) is 6.92 Å². The molecule has 0 bridgehead atoms. The Morgan fingerprint density at radius 3 is 2.43 bits per heavy atom. The third kappa shape index (κ3) is 1.19. The lowest BCUT2D eigenvalue weighted by Crippen LogP contribution is -1.90. The highest BCUT2D eigenvalue weighted by atomic mass is 16.5. The molecule has 0 aliphatic rings. The number of aromatic nitrogens is 1. The third-order valence-corrected chi connectivity index (χ3v) is 2.16. The van der Waals surface area contributed by atoms with Crippen LogP contribution in [0.25, 0.3) is 10.9 Å². The van der Waals surface area contributed by atoms with Crippen LogP contribution in [0.1, 0.15) is 5.76 Å². The first kappa shape index (κ1) is 8.87. The van der Waals surface area contributed by atoms with Crippen molar-refractivity contribution < 1.29 is 14.0 Å². The lowest BCUT2D eigenvalue weighted by molar-refractivity contribution is 0.355. The van der Waals surface area contributed by atoms with E-state index in [1.54, 1.807) is 20.3 Å². The van der Waals surface area contributed by atoms with Gasteiger partial charge in [-0.05, 0) is 13.0 Å². The summed E-state index contributed by atoms with van der Waals surface area (Å²) in [5.41, 5.74) is 0.778. The number of benzene rings is 1. The SMILES string of the molecule is COc1cc2noc(C)c2cc1OC. The summed E-state index contributed by atoms with van der Waals surface area (Å²) < 4.78 is 15.4. The van der Waals surface area contributed by atoms with Crippen LogP contribution in [0.2, 0.25) is 0 Å². The maximum absolute atomic E-state index is 5.17. The molecular weight excluding hydrogens is 182 g/mol. The summed E-state index contributed by atoms with van der Waals surface area (Å²) in [6.45, 7) is 1.86. The van der Waals surface area contributed by atoms with Gasteiger partial charge in [0.1, 0.15) is 11.3 Å². The van der Waals surface area contributed by atoms with E-state index in [2.05, 4.69) is 5.16 Å². The Hall–Kier alpha value is -1.71. The molecular formula is C10H11NO3. The monoisotopic (exact) mass is 193 g/mol. The van der Waals surface area contributed by atoms with Gasteiger partial charge in [-0.15, -0.1) is 0 Å². The van der Waals surface area contributed by atoms with Crippen LogP contribution < -0.4 is 9.47 Å². The second kappa shape index (κ2) is 3.21. The number of hydrogen-bond acceptors (Lipinski definition) is 4. The van der Waals surface area contributed by atoms with E-state index >= 15 is 0 Å². The van der Waals surface area contributed by atoms with Gasteiger partial charge < -0.3 is 14.0 Å². The van der Waals surface area contributed by atoms with Crippen molar-refractivity contribution in [2.45, 2.75) is 6.92 Å². The van der Waals surface area contributed by atoms with Gasteiger partial charge in [-0.2, -0.15) is 0 Å². The molecule has 0 unspecified atom stereocenters. The summed E-state index contributed by atoms with van der Waals surface area (Å²) in [7, 11) is 3.20. The van der Waals surface area contributed by atoms with E-state index < -0.39 is 0 Å². The maximum Gasteiger partial charge on any atom is 0.163 e. The summed E-state index contributed by atoms with van der Waals surface area (Å²) in [5.74, 6) is 2.13. The number of aryl methyl sites for hydroxylation is 1. The van der Waals surface area contributed by atoms with E-state index in [-0.39, 0.29) is 0 Å². The molecule has 1 heterocycles. The van der Waals surface area contributed by atoms with Gasteiger partial charge in [-0.3, -0.25) is 0 Å². The zero-order valence-electron chi connectivity index (χ0n) is 8.33. The van der Waals surface area contributed by atoms with Crippen molar-refractivity contribution in [1.29, 1.82) is 0 Å². The zero-order chi connectivity index (χ0) is 10.1. The summed E-state index contributed by atoms with van der Waals surface area (Å²) in [4.78, 5) is 0. The van der Waals surface area contributed by atoms with E-state index in [1.807, 2.05) is 13.0 Å². The molecule has 0 fully saturated rings. The molecule has 2 aromatic rings. The van der Waals surface area contributed by atoms with Gasteiger partial charge >= 0.3 is 0 Å². The summed E-state index contributed by atoms with van der Waals surface area (Å²) in [6.07, 6.45) is 0. The summed E-state index contributed by atoms with van der Waals surface area (Å²) >= 11 is 0. The van der Waals surface area contributed by atoms with Crippen molar-refractivity contribution in [3.8, 4) is 11.5 Å². The molecule has 0 N–H and O–H groups in total. The Kier molecular flexibility index (Phi) is 2.04. The average molecular weight is 193 g/mol. The van der Waals surface area contributed by atoms with Crippen LogP contribution in [0.15, 0.2) is 16.7 Å². The molecule has 14 heavy (non-hydrogen) atoms. The van der Waals surface area contributed by atoms with Crippen LogP contribution in [-0.2, 0) is 0 Å². The molecule has 1 aromatic carbocycles. The van der Waals surface area contributed by atoms with Crippen LogP contribution >= 0.6 is 0 Å². The Morgan fingerprint density at radius 1 is 1.14 bits per heavy atom. The number of fused-ring (bicyclic) bond motifs is 1. The predicted molar refractivity (Wildman–Crippen MR) is 51.9 cm³/mol. The maximum atomic E-state index is 5.17. The number of nitrogens with zero attached hydrogens (tertiary/aromatic N) is 1. The second-order valence-electron chi connectivity index (χ2n) is 2.96. The molecule has 2 rings (SSSR count). The van der Waals surface area contributed by atoms with Crippen molar-refractivity contribution in [3.05, 3.63) is 17.9 Å². The topological polar surface area (TPSA) is 44.5 Å². The van der Waals surface area contributed by atoms with Crippen molar-refractivity contribution in [2.75, 3.05) is 14.2 Å². The minimum Gasteiger partial charge on any atom is -0.493 e. The molecule has 0 aliphatic heterocycles. The van der Waals surface area contributed by atoms with Crippen molar-refractivity contribution in [1.82, 2.24) is 5.16 Å². The lowest BCUT2D eigenvalue weighted by atomic mass is 10.2. The van der Waals surface area contributed by atoms with E-state index in [4.69, 9.17) is 14.0 Å². The minimum atomic E-state index is 0.660. The number of hydrogen-bond donors (Lipinski definition) is 0. The standard InChI is InChI=1S/C10H11NO3/c1-6-7-4-9(12-2)10(13-3)5-8(7)11-14-6/h4-5H,1-3H3. The molecule has 0 spiro atoms. The highest BCUT2D eigenvalue weighted by Gasteiger charge is 2.10. The van der Waals surface area contributed by atoms with Crippen LogP contribution in [0.5, 0.6) is 11.5 Å². The van der Waals surface area contributed by atoms with E-state index in [9.17, 15) is 0 Å². The van der Waals surface area contributed by atoms with Crippen LogP contribution in [0.4, 0.5) is 0 Å². The molecule has 0 amide bonds. The van der Waals surface area contributed by atoms with Gasteiger partial charge in [-0.25, -0.2) is 0 Å². The Labute approximate surface area is 81.4 Å². The van der Waals surface area contributed by atoms with Crippen LogP contribution in [-0.4, -0.2) is 19.4 Å². The summed E-state index contributed by atoms with van der Waals surface area (Å²) in [6, 6.07) is 3.66. The van der Waals surface area contributed by atoms with Crippen molar-refractivity contribution in [3.63, 3.8) is 0 Å². The quantitative estimate of drug-likeness (QED) is 0.733. The highest BCUT2D eigenvalue weighted by molar-refractivity contribution is 5.84. The lowest BCUT2D eigenvalue weighted by Gasteiger charge is -2.06. The molecule has 4 nitrogen and oxygen atoms in total. The largest absolute Gasteiger partial charge is 0.493 e. The molecule has 74 valence electrons. The van der Waals surface area contributed by atoms with E-state index in [0.29, 0.717) is 11.5 Å². The Balaban J connectivity index is 2.71. The third-order valence-electron chi connectivity index (χ3n) is 2.16. The number of ether oxygens (including phenoxy) is 2. The number of rotatable bonds is 2. The molecule has 0 saturated carbocycles. The fourth-order valence-corrected chi connectivity index (χ4v) is 1.39. The Bertz CT molecular complexity index is 462. The normalized spacial score (nSPS) is 10.5. The van der Waals surface area contributed by atoms with Crippen LogP contribution in [0.3, 0.4) is 0 Å². The molecule has 0 saturated heterocycles. The van der Waals surface area contributed by atoms with E-state index in [1.165, 1.54) is 0 Å². The zero-order valence-corrected chi connectivity index (χ0v) is 8.33. The highest BCUT2D eigenvalue weighted by Crippen LogP contribution is 2.32.